The van der Waals surface area contributed by atoms with E-state index in [0.717, 1.165) is 31.9 Å². The van der Waals surface area contributed by atoms with Crippen molar-refractivity contribution in [2.24, 2.45) is 0 Å². The fourth-order valence-corrected chi connectivity index (χ4v) is 6.25. The van der Waals surface area contributed by atoms with Crippen molar-refractivity contribution in [2.75, 3.05) is 37.6 Å². The van der Waals surface area contributed by atoms with Gasteiger partial charge in [-0.15, -0.1) is 11.3 Å². The van der Waals surface area contributed by atoms with Gasteiger partial charge in [-0.1, -0.05) is 12.1 Å². The van der Waals surface area contributed by atoms with Crippen LogP contribution in [-0.4, -0.2) is 76.6 Å². The molecule has 2 atom stereocenters. The number of hydrogen-bond donors (Lipinski definition) is 1. The predicted molar refractivity (Wildman–Crippen MR) is 145 cm³/mol. The summed E-state index contributed by atoms with van der Waals surface area (Å²) in [7, 11) is 0. The molecular weight excluding hydrogens is 472 g/mol. The maximum atomic E-state index is 13.2. The molecule has 188 valence electrons. The minimum atomic E-state index is -0.975. The SMILES string of the molecule is Cc1cc2cc(C3=CCN(C(=O)CN4[C@H](C)CN(c5ccc(C(=O)O)cn5)C[C@@H]4C)CC3)ccc2s1. The van der Waals surface area contributed by atoms with Crippen LogP contribution in [0.3, 0.4) is 0 Å². The number of carboxylic acid groups (broad SMARTS) is 1. The van der Waals surface area contributed by atoms with Gasteiger partial charge in [0.25, 0.3) is 0 Å². The number of anilines is 1. The number of aromatic nitrogens is 1. The lowest BCUT2D eigenvalue weighted by atomic mass is 9.98. The summed E-state index contributed by atoms with van der Waals surface area (Å²) in [6.07, 6.45) is 4.48. The van der Waals surface area contributed by atoms with Gasteiger partial charge in [0.15, 0.2) is 0 Å². The highest BCUT2D eigenvalue weighted by atomic mass is 32.1. The number of carbonyl (C=O) groups is 2. The van der Waals surface area contributed by atoms with Gasteiger partial charge in [0.2, 0.25) is 5.91 Å². The average Bonchev–Trinajstić information content (AvgIpc) is 3.25. The van der Waals surface area contributed by atoms with Crippen LogP contribution in [0.5, 0.6) is 0 Å². The van der Waals surface area contributed by atoms with Crippen molar-refractivity contribution >= 4 is 44.7 Å². The van der Waals surface area contributed by atoms with E-state index in [1.165, 1.54) is 32.3 Å². The zero-order valence-corrected chi connectivity index (χ0v) is 21.8. The lowest BCUT2D eigenvalue weighted by Crippen LogP contribution is -2.59. The first-order valence-electron chi connectivity index (χ1n) is 12.5. The number of fused-ring (bicyclic) bond motifs is 1. The zero-order chi connectivity index (χ0) is 25.4. The Morgan fingerprint density at radius 1 is 1.11 bits per heavy atom. The van der Waals surface area contributed by atoms with Crippen LogP contribution in [0.1, 0.15) is 41.1 Å². The highest BCUT2D eigenvalue weighted by molar-refractivity contribution is 7.19. The third-order valence-electron chi connectivity index (χ3n) is 7.31. The Balaban J connectivity index is 1.19. The van der Waals surface area contributed by atoms with E-state index >= 15 is 0 Å². The van der Waals surface area contributed by atoms with Crippen LogP contribution in [0.15, 0.2) is 48.7 Å². The maximum absolute atomic E-state index is 13.2. The third kappa shape index (κ3) is 5.01. The minimum Gasteiger partial charge on any atom is -0.478 e. The number of carbonyl (C=O) groups excluding carboxylic acids is 1. The Kier molecular flexibility index (Phi) is 6.81. The summed E-state index contributed by atoms with van der Waals surface area (Å²) < 4.78 is 1.32. The molecule has 1 saturated heterocycles. The second-order valence-electron chi connectivity index (χ2n) is 9.91. The van der Waals surface area contributed by atoms with Gasteiger partial charge in [-0.3, -0.25) is 9.69 Å². The van der Waals surface area contributed by atoms with E-state index in [1.807, 2.05) is 16.2 Å². The Labute approximate surface area is 215 Å². The predicted octanol–water partition coefficient (Wildman–Crippen LogP) is 4.52. The fraction of sp³-hybridized carbons (Fsp3) is 0.393. The summed E-state index contributed by atoms with van der Waals surface area (Å²) in [4.78, 5) is 36.4. The molecule has 2 aliphatic heterocycles. The first-order chi connectivity index (χ1) is 17.3. The Bertz CT molecular complexity index is 1300. The monoisotopic (exact) mass is 504 g/mol. The normalized spacial score (nSPS) is 21.0. The van der Waals surface area contributed by atoms with E-state index < -0.39 is 5.97 Å². The van der Waals surface area contributed by atoms with Crippen LogP contribution >= 0.6 is 11.3 Å². The summed E-state index contributed by atoms with van der Waals surface area (Å²) in [5, 5.41) is 10.4. The van der Waals surface area contributed by atoms with Crippen molar-refractivity contribution in [1.82, 2.24) is 14.8 Å². The van der Waals surface area contributed by atoms with Gasteiger partial charge in [-0.05, 0) is 74.0 Å². The van der Waals surface area contributed by atoms with E-state index in [4.69, 9.17) is 5.11 Å². The van der Waals surface area contributed by atoms with Crippen molar-refractivity contribution in [3.05, 3.63) is 64.7 Å². The van der Waals surface area contributed by atoms with Crippen molar-refractivity contribution in [1.29, 1.82) is 0 Å². The van der Waals surface area contributed by atoms with Crippen LogP contribution in [0.25, 0.3) is 15.7 Å². The molecule has 1 N–H and O–H groups in total. The molecular formula is C28H32N4O3S. The number of amides is 1. The molecule has 1 aromatic carbocycles. The Morgan fingerprint density at radius 3 is 2.53 bits per heavy atom. The fourth-order valence-electron chi connectivity index (χ4n) is 5.34. The zero-order valence-electron chi connectivity index (χ0n) is 21.0. The molecule has 0 spiro atoms. The topological polar surface area (TPSA) is 77.0 Å². The number of piperazine rings is 1. The Morgan fingerprint density at radius 2 is 1.89 bits per heavy atom. The highest BCUT2D eigenvalue weighted by Gasteiger charge is 2.32. The molecule has 3 aromatic rings. The standard InChI is InChI=1S/C28H32N4O3S/c1-18-15-31(26-7-5-23(14-29-26)28(34)35)16-19(2)32(18)17-27(33)30-10-8-21(9-11-30)22-4-6-25-24(13-22)12-20(3)36-25/h4-8,12-14,18-19H,9-11,15-17H2,1-3H3,(H,34,35)/t18-,19+. The van der Waals surface area contributed by atoms with Gasteiger partial charge < -0.3 is 14.9 Å². The molecule has 0 radical (unpaired) electrons. The maximum Gasteiger partial charge on any atom is 0.337 e. The first kappa shape index (κ1) is 24.5. The van der Waals surface area contributed by atoms with E-state index in [0.29, 0.717) is 13.1 Å². The lowest BCUT2D eigenvalue weighted by molar-refractivity contribution is -0.133. The molecule has 0 bridgehead atoms. The minimum absolute atomic E-state index is 0.172. The van der Waals surface area contributed by atoms with E-state index in [2.05, 4.69) is 65.9 Å². The molecule has 1 fully saturated rings. The van der Waals surface area contributed by atoms with Crippen molar-refractivity contribution in [2.45, 2.75) is 39.3 Å². The van der Waals surface area contributed by atoms with E-state index in [9.17, 15) is 9.59 Å². The van der Waals surface area contributed by atoms with Crippen LogP contribution < -0.4 is 4.90 Å². The number of benzene rings is 1. The molecule has 0 aliphatic carbocycles. The second-order valence-corrected chi connectivity index (χ2v) is 11.2. The summed E-state index contributed by atoms with van der Waals surface area (Å²) in [6.45, 7) is 9.70. The molecule has 0 unspecified atom stereocenters. The molecule has 4 heterocycles. The molecule has 36 heavy (non-hydrogen) atoms. The first-order valence-corrected chi connectivity index (χ1v) is 13.3. The van der Waals surface area contributed by atoms with Gasteiger partial charge in [-0.2, -0.15) is 0 Å². The highest BCUT2D eigenvalue weighted by Crippen LogP contribution is 2.30. The smallest absolute Gasteiger partial charge is 0.337 e. The van der Waals surface area contributed by atoms with Crippen molar-refractivity contribution < 1.29 is 14.7 Å². The molecule has 2 aliphatic rings. The number of hydrogen-bond acceptors (Lipinski definition) is 6. The molecule has 8 heteroatoms. The molecule has 0 saturated carbocycles. The summed E-state index contributed by atoms with van der Waals surface area (Å²) in [5.41, 5.74) is 2.77. The molecule has 5 rings (SSSR count). The molecule has 7 nitrogen and oxygen atoms in total. The van der Waals surface area contributed by atoms with Crippen molar-refractivity contribution in [3.63, 3.8) is 0 Å². The van der Waals surface area contributed by atoms with Gasteiger partial charge >= 0.3 is 5.97 Å². The number of rotatable bonds is 5. The van der Waals surface area contributed by atoms with Gasteiger partial charge in [0, 0.05) is 54.0 Å². The van der Waals surface area contributed by atoms with Gasteiger partial charge in [0.1, 0.15) is 5.82 Å². The number of carboxylic acids is 1. The number of aromatic carboxylic acids is 1. The van der Waals surface area contributed by atoms with Gasteiger partial charge in [-0.25, -0.2) is 9.78 Å². The number of thiophene rings is 1. The number of nitrogens with zero attached hydrogens (tertiary/aromatic N) is 4. The van der Waals surface area contributed by atoms with E-state index in [-0.39, 0.29) is 23.6 Å². The number of aryl methyl sites for hydroxylation is 1. The van der Waals surface area contributed by atoms with Crippen LogP contribution in [-0.2, 0) is 4.79 Å². The average molecular weight is 505 g/mol. The summed E-state index contributed by atoms with van der Waals surface area (Å²) >= 11 is 1.82. The van der Waals surface area contributed by atoms with Crippen LogP contribution in [0, 0.1) is 6.92 Å². The largest absolute Gasteiger partial charge is 0.478 e. The third-order valence-corrected chi connectivity index (χ3v) is 8.34. The van der Waals surface area contributed by atoms with Gasteiger partial charge in [0.05, 0.1) is 12.1 Å². The van der Waals surface area contributed by atoms with Crippen LogP contribution in [0.2, 0.25) is 0 Å². The quantitative estimate of drug-likeness (QED) is 0.551. The summed E-state index contributed by atoms with van der Waals surface area (Å²) in [6, 6.07) is 12.6. The lowest BCUT2D eigenvalue weighted by Gasteiger charge is -2.45. The summed E-state index contributed by atoms with van der Waals surface area (Å²) in [5.74, 6) is -0.0307. The second kappa shape index (κ2) is 10.0. The Hall–Kier alpha value is -3.23. The van der Waals surface area contributed by atoms with Crippen LogP contribution in [0.4, 0.5) is 5.82 Å². The number of pyridine rings is 1. The van der Waals surface area contributed by atoms with Crippen molar-refractivity contribution in [3.8, 4) is 0 Å². The molecule has 1 amide bonds. The van der Waals surface area contributed by atoms with E-state index in [1.54, 1.807) is 12.1 Å². The molecule has 2 aromatic heterocycles.